The fourth-order valence-corrected chi connectivity index (χ4v) is 2.67. The molecule has 0 unspecified atom stereocenters. The standard InChI is InChI=1S/C17H26N2O3/c1-13-7-10-19(11-8-13)17(20)18-9-6-14-4-5-15(21-2)16(12-14)22-3/h4-5,12-13H,6-11H2,1-3H3,(H,18,20). The van der Waals surface area contributed by atoms with Crippen molar-refractivity contribution in [3.8, 4) is 11.5 Å². The molecule has 0 bridgehead atoms. The van der Waals surface area contributed by atoms with E-state index in [1.165, 1.54) is 0 Å². The smallest absolute Gasteiger partial charge is 0.317 e. The van der Waals surface area contributed by atoms with Gasteiger partial charge >= 0.3 is 6.03 Å². The fraction of sp³-hybridized carbons (Fsp3) is 0.588. The first-order chi connectivity index (χ1) is 10.6. The Balaban J connectivity index is 1.79. The van der Waals surface area contributed by atoms with Gasteiger partial charge < -0.3 is 19.7 Å². The van der Waals surface area contributed by atoms with Gasteiger partial charge in [-0.15, -0.1) is 0 Å². The lowest BCUT2D eigenvalue weighted by atomic mass is 10.00. The number of ether oxygens (including phenoxy) is 2. The Morgan fingerprint density at radius 3 is 2.55 bits per heavy atom. The first-order valence-corrected chi connectivity index (χ1v) is 7.87. The molecule has 1 aliphatic heterocycles. The second-order valence-electron chi connectivity index (χ2n) is 5.84. The molecule has 1 aliphatic rings. The number of likely N-dealkylation sites (tertiary alicyclic amines) is 1. The zero-order valence-corrected chi connectivity index (χ0v) is 13.7. The normalized spacial score (nSPS) is 15.5. The van der Waals surface area contributed by atoms with E-state index < -0.39 is 0 Å². The van der Waals surface area contributed by atoms with Gasteiger partial charge in [-0.2, -0.15) is 0 Å². The van der Waals surface area contributed by atoms with Crippen LogP contribution in [-0.4, -0.2) is 44.8 Å². The summed E-state index contributed by atoms with van der Waals surface area (Å²) in [4.78, 5) is 14.0. The fourth-order valence-electron chi connectivity index (χ4n) is 2.67. The first kappa shape index (κ1) is 16.5. The molecule has 0 aliphatic carbocycles. The molecule has 0 aromatic heterocycles. The van der Waals surface area contributed by atoms with E-state index in [2.05, 4.69) is 12.2 Å². The van der Waals surface area contributed by atoms with Crippen molar-refractivity contribution >= 4 is 6.03 Å². The lowest BCUT2D eigenvalue weighted by Crippen LogP contribution is -2.44. The van der Waals surface area contributed by atoms with Gasteiger partial charge in [0.2, 0.25) is 0 Å². The largest absolute Gasteiger partial charge is 0.493 e. The van der Waals surface area contributed by atoms with Gasteiger partial charge in [0.15, 0.2) is 11.5 Å². The third-order valence-corrected chi connectivity index (χ3v) is 4.21. The lowest BCUT2D eigenvalue weighted by Gasteiger charge is -2.30. The van der Waals surface area contributed by atoms with Crippen LogP contribution in [-0.2, 0) is 6.42 Å². The molecule has 1 saturated heterocycles. The van der Waals surface area contributed by atoms with Crippen molar-refractivity contribution < 1.29 is 14.3 Å². The minimum Gasteiger partial charge on any atom is -0.493 e. The molecule has 2 amide bonds. The maximum Gasteiger partial charge on any atom is 0.317 e. The van der Waals surface area contributed by atoms with E-state index in [-0.39, 0.29) is 6.03 Å². The highest BCUT2D eigenvalue weighted by molar-refractivity contribution is 5.74. The van der Waals surface area contributed by atoms with E-state index in [1.807, 2.05) is 23.1 Å². The molecule has 1 heterocycles. The molecule has 1 aromatic rings. The van der Waals surface area contributed by atoms with Gasteiger partial charge in [0, 0.05) is 19.6 Å². The number of rotatable bonds is 5. The summed E-state index contributed by atoms with van der Waals surface area (Å²) < 4.78 is 10.5. The molecule has 5 nitrogen and oxygen atoms in total. The maximum atomic E-state index is 12.1. The van der Waals surface area contributed by atoms with Crippen LogP contribution in [0, 0.1) is 5.92 Å². The predicted molar refractivity (Wildman–Crippen MR) is 86.6 cm³/mol. The Morgan fingerprint density at radius 2 is 1.91 bits per heavy atom. The van der Waals surface area contributed by atoms with Crippen LogP contribution in [0.2, 0.25) is 0 Å². The van der Waals surface area contributed by atoms with Crippen molar-refractivity contribution in [2.45, 2.75) is 26.2 Å². The van der Waals surface area contributed by atoms with E-state index in [0.717, 1.165) is 55.3 Å². The van der Waals surface area contributed by atoms with Crippen LogP contribution < -0.4 is 14.8 Å². The van der Waals surface area contributed by atoms with Crippen molar-refractivity contribution in [1.82, 2.24) is 10.2 Å². The number of carbonyl (C=O) groups is 1. The van der Waals surface area contributed by atoms with Gasteiger partial charge in [-0.25, -0.2) is 4.79 Å². The van der Waals surface area contributed by atoms with Gasteiger partial charge in [-0.1, -0.05) is 13.0 Å². The van der Waals surface area contributed by atoms with Crippen LogP contribution in [0.1, 0.15) is 25.3 Å². The highest BCUT2D eigenvalue weighted by atomic mass is 16.5. The Kier molecular flexibility index (Phi) is 5.92. The highest BCUT2D eigenvalue weighted by Crippen LogP contribution is 2.27. The van der Waals surface area contributed by atoms with E-state index >= 15 is 0 Å². The van der Waals surface area contributed by atoms with Crippen LogP contribution in [0.4, 0.5) is 4.79 Å². The molecular formula is C17H26N2O3. The third-order valence-electron chi connectivity index (χ3n) is 4.21. The van der Waals surface area contributed by atoms with Gasteiger partial charge in [0.1, 0.15) is 0 Å². The number of hydrogen-bond acceptors (Lipinski definition) is 3. The summed E-state index contributed by atoms with van der Waals surface area (Å²) in [5, 5.41) is 3.00. The molecule has 1 N–H and O–H groups in total. The van der Waals surface area contributed by atoms with Crippen molar-refractivity contribution in [3.05, 3.63) is 23.8 Å². The summed E-state index contributed by atoms with van der Waals surface area (Å²) in [7, 11) is 3.25. The van der Waals surface area contributed by atoms with Crippen LogP contribution in [0.15, 0.2) is 18.2 Å². The zero-order chi connectivity index (χ0) is 15.9. The zero-order valence-electron chi connectivity index (χ0n) is 13.7. The number of amides is 2. The predicted octanol–water partition coefficient (Wildman–Crippen LogP) is 2.69. The number of piperidine rings is 1. The van der Waals surface area contributed by atoms with Gasteiger partial charge in [-0.3, -0.25) is 0 Å². The molecule has 2 rings (SSSR count). The third kappa shape index (κ3) is 4.29. The molecule has 0 saturated carbocycles. The van der Waals surface area contributed by atoms with Crippen molar-refractivity contribution in [3.63, 3.8) is 0 Å². The summed E-state index contributed by atoms with van der Waals surface area (Å²) >= 11 is 0. The molecule has 0 atom stereocenters. The Hall–Kier alpha value is -1.91. The number of urea groups is 1. The Morgan fingerprint density at radius 1 is 1.23 bits per heavy atom. The quantitative estimate of drug-likeness (QED) is 0.910. The van der Waals surface area contributed by atoms with Crippen LogP contribution in [0.25, 0.3) is 0 Å². The average Bonchev–Trinajstić information content (AvgIpc) is 2.55. The van der Waals surface area contributed by atoms with E-state index in [4.69, 9.17) is 9.47 Å². The minimum atomic E-state index is 0.0485. The van der Waals surface area contributed by atoms with E-state index in [9.17, 15) is 4.79 Å². The Bertz CT molecular complexity index is 497. The van der Waals surface area contributed by atoms with Crippen LogP contribution >= 0.6 is 0 Å². The summed E-state index contributed by atoms with van der Waals surface area (Å²) in [6.45, 7) is 4.60. The SMILES string of the molecule is COc1ccc(CCNC(=O)N2CCC(C)CC2)cc1OC. The van der Waals surface area contributed by atoms with Crippen LogP contribution in [0.3, 0.4) is 0 Å². The summed E-state index contributed by atoms with van der Waals surface area (Å²) in [6.07, 6.45) is 2.97. The summed E-state index contributed by atoms with van der Waals surface area (Å²) in [5.41, 5.74) is 1.12. The number of nitrogens with zero attached hydrogens (tertiary/aromatic N) is 1. The van der Waals surface area contributed by atoms with Crippen molar-refractivity contribution in [2.24, 2.45) is 5.92 Å². The van der Waals surface area contributed by atoms with Crippen LogP contribution in [0.5, 0.6) is 11.5 Å². The molecule has 5 heteroatoms. The molecule has 122 valence electrons. The molecule has 0 radical (unpaired) electrons. The first-order valence-electron chi connectivity index (χ1n) is 7.87. The molecule has 22 heavy (non-hydrogen) atoms. The van der Waals surface area contributed by atoms with Gasteiger partial charge in [0.05, 0.1) is 14.2 Å². The van der Waals surface area contributed by atoms with Crippen molar-refractivity contribution in [2.75, 3.05) is 33.9 Å². The van der Waals surface area contributed by atoms with E-state index in [1.54, 1.807) is 14.2 Å². The van der Waals surface area contributed by atoms with Crippen molar-refractivity contribution in [1.29, 1.82) is 0 Å². The van der Waals surface area contributed by atoms with Gasteiger partial charge in [0.25, 0.3) is 0 Å². The monoisotopic (exact) mass is 306 g/mol. The lowest BCUT2D eigenvalue weighted by molar-refractivity contribution is 0.174. The second-order valence-corrected chi connectivity index (χ2v) is 5.84. The number of carbonyl (C=O) groups excluding carboxylic acids is 1. The number of nitrogens with one attached hydrogen (secondary N) is 1. The summed E-state index contributed by atoms with van der Waals surface area (Å²) in [5.74, 6) is 2.17. The highest BCUT2D eigenvalue weighted by Gasteiger charge is 2.19. The Labute approximate surface area is 132 Å². The maximum absolute atomic E-state index is 12.1. The minimum absolute atomic E-state index is 0.0485. The molecule has 0 spiro atoms. The van der Waals surface area contributed by atoms with Gasteiger partial charge in [-0.05, 0) is 42.9 Å². The topological polar surface area (TPSA) is 50.8 Å². The number of hydrogen-bond donors (Lipinski definition) is 1. The van der Waals surface area contributed by atoms with E-state index in [0.29, 0.717) is 6.54 Å². The molecule has 1 aromatic carbocycles. The molecule has 1 fully saturated rings. The molecular weight excluding hydrogens is 280 g/mol. The second kappa shape index (κ2) is 7.92. The average molecular weight is 306 g/mol. The number of methoxy groups -OCH3 is 2. The summed E-state index contributed by atoms with van der Waals surface area (Å²) in [6, 6.07) is 5.89. The number of benzene rings is 1.